The molecular weight excluding hydrogens is 420 g/mol. The van der Waals surface area contributed by atoms with Crippen LogP contribution in [0.4, 0.5) is 21.0 Å². The van der Waals surface area contributed by atoms with E-state index >= 15 is 0 Å². The summed E-state index contributed by atoms with van der Waals surface area (Å²) in [6.07, 6.45) is 1.20. The molecule has 2 aromatic carbocycles. The monoisotopic (exact) mass is 442 g/mol. The normalized spacial score (nSPS) is 17.3. The molecule has 5 amide bonds. The van der Waals surface area contributed by atoms with Crippen LogP contribution < -0.4 is 15.0 Å². The molecule has 0 aromatic heterocycles. The number of amides is 5. The minimum Gasteiger partial charge on any atom is -0.495 e. The van der Waals surface area contributed by atoms with Crippen molar-refractivity contribution in [2.45, 2.75) is 18.9 Å². The van der Waals surface area contributed by atoms with E-state index in [1.807, 2.05) is 6.07 Å². The van der Waals surface area contributed by atoms with E-state index in [9.17, 15) is 14.4 Å². The van der Waals surface area contributed by atoms with Crippen LogP contribution in [0.1, 0.15) is 12.8 Å². The van der Waals surface area contributed by atoms with E-state index in [0.29, 0.717) is 48.1 Å². The Morgan fingerprint density at radius 3 is 2.48 bits per heavy atom. The fraction of sp³-hybridized carbons (Fsp3) is 0.318. The summed E-state index contributed by atoms with van der Waals surface area (Å²) < 4.78 is 5.27. The number of nitrogens with zero attached hydrogens (tertiary/aromatic N) is 3. The highest BCUT2D eigenvalue weighted by molar-refractivity contribution is 6.31. The molecule has 2 heterocycles. The summed E-state index contributed by atoms with van der Waals surface area (Å²) in [7, 11) is 1.53. The van der Waals surface area contributed by atoms with E-state index in [1.54, 1.807) is 52.3 Å². The van der Waals surface area contributed by atoms with Gasteiger partial charge >= 0.3 is 12.1 Å². The molecule has 0 unspecified atom stereocenters. The van der Waals surface area contributed by atoms with Gasteiger partial charge in [-0.1, -0.05) is 29.8 Å². The molecule has 2 fully saturated rings. The van der Waals surface area contributed by atoms with Gasteiger partial charge in [0, 0.05) is 24.2 Å². The van der Waals surface area contributed by atoms with Crippen LogP contribution in [0.2, 0.25) is 5.02 Å². The predicted octanol–water partition coefficient (Wildman–Crippen LogP) is 3.81. The first-order valence-corrected chi connectivity index (χ1v) is 10.4. The first kappa shape index (κ1) is 21.0. The molecule has 1 N–H and O–H groups in total. The molecule has 2 aromatic rings. The number of likely N-dealkylation sites (tertiary alicyclic amines) is 1. The molecule has 0 saturated carbocycles. The Kier molecular flexibility index (Phi) is 5.99. The lowest BCUT2D eigenvalue weighted by Gasteiger charge is -2.36. The van der Waals surface area contributed by atoms with Crippen LogP contribution >= 0.6 is 11.6 Å². The highest BCUT2D eigenvalue weighted by Gasteiger charge is 2.41. The van der Waals surface area contributed by atoms with Crippen molar-refractivity contribution in [3.8, 4) is 5.75 Å². The third-order valence-electron chi connectivity index (χ3n) is 5.60. The molecule has 2 aliphatic rings. The Hall–Kier alpha value is -3.26. The number of hydrogen-bond acceptors (Lipinski definition) is 4. The van der Waals surface area contributed by atoms with Gasteiger partial charge in [-0.25, -0.2) is 14.5 Å². The molecule has 0 atom stereocenters. The first-order chi connectivity index (χ1) is 15.0. The van der Waals surface area contributed by atoms with Crippen LogP contribution in [0.5, 0.6) is 5.75 Å². The number of para-hydroxylation sites is 1. The fourth-order valence-electron chi connectivity index (χ4n) is 3.99. The predicted molar refractivity (Wildman–Crippen MR) is 118 cm³/mol. The maximum Gasteiger partial charge on any atom is 0.332 e. The molecule has 162 valence electrons. The van der Waals surface area contributed by atoms with Crippen LogP contribution in [0.25, 0.3) is 0 Å². The molecule has 0 radical (unpaired) electrons. The first-order valence-electron chi connectivity index (χ1n) is 10.1. The molecule has 0 spiro atoms. The molecule has 8 nitrogen and oxygen atoms in total. The number of hydrogen-bond donors (Lipinski definition) is 1. The summed E-state index contributed by atoms with van der Waals surface area (Å²) in [5, 5.41) is 3.33. The molecule has 2 saturated heterocycles. The molecule has 0 bridgehead atoms. The quantitative estimate of drug-likeness (QED) is 0.730. The van der Waals surface area contributed by atoms with Gasteiger partial charge in [-0.3, -0.25) is 4.79 Å². The highest BCUT2D eigenvalue weighted by atomic mass is 35.5. The second-order valence-corrected chi connectivity index (χ2v) is 7.90. The SMILES string of the molecule is COc1ccc(Cl)cc1NC(=O)N1CCC(N2CC(=O)N(c3ccccc3)C2=O)CC1. The number of anilines is 2. The van der Waals surface area contributed by atoms with Crippen LogP contribution in [0, 0.1) is 0 Å². The van der Waals surface area contributed by atoms with Gasteiger partial charge in [-0.2, -0.15) is 0 Å². The van der Waals surface area contributed by atoms with Crippen molar-refractivity contribution in [1.82, 2.24) is 9.80 Å². The lowest BCUT2D eigenvalue weighted by molar-refractivity contribution is -0.116. The number of nitrogens with one attached hydrogen (secondary N) is 1. The summed E-state index contributed by atoms with van der Waals surface area (Å²) in [6, 6.07) is 13.3. The Bertz CT molecular complexity index is 992. The van der Waals surface area contributed by atoms with Gasteiger partial charge in [0.15, 0.2) is 0 Å². The number of methoxy groups -OCH3 is 1. The van der Waals surface area contributed by atoms with Crippen molar-refractivity contribution in [2.75, 3.05) is 37.0 Å². The number of carbonyl (C=O) groups excluding carboxylic acids is 3. The van der Waals surface area contributed by atoms with Crippen molar-refractivity contribution in [1.29, 1.82) is 0 Å². The lowest BCUT2D eigenvalue weighted by atomic mass is 10.0. The number of ether oxygens (including phenoxy) is 1. The second kappa shape index (κ2) is 8.85. The number of carbonyl (C=O) groups is 3. The Labute approximate surface area is 185 Å². The average Bonchev–Trinajstić information content (AvgIpc) is 3.08. The van der Waals surface area contributed by atoms with Crippen LogP contribution in [0.3, 0.4) is 0 Å². The van der Waals surface area contributed by atoms with Gasteiger partial charge in [-0.05, 0) is 43.2 Å². The third kappa shape index (κ3) is 4.29. The molecule has 4 rings (SSSR count). The Morgan fingerprint density at radius 1 is 1.10 bits per heavy atom. The van der Waals surface area contributed by atoms with Crippen molar-refractivity contribution in [2.24, 2.45) is 0 Å². The summed E-state index contributed by atoms with van der Waals surface area (Å²) in [5.41, 5.74) is 1.08. The summed E-state index contributed by atoms with van der Waals surface area (Å²) in [5.74, 6) is 0.291. The summed E-state index contributed by atoms with van der Waals surface area (Å²) >= 11 is 6.03. The Morgan fingerprint density at radius 2 is 1.81 bits per heavy atom. The van der Waals surface area contributed by atoms with E-state index in [0.717, 1.165) is 0 Å². The maximum atomic E-state index is 12.9. The zero-order valence-electron chi connectivity index (χ0n) is 17.1. The number of imide groups is 1. The van der Waals surface area contributed by atoms with E-state index in [4.69, 9.17) is 16.3 Å². The number of halogens is 1. The van der Waals surface area contributed by atoms with Crippen molar-refractivity contribution < 1.29 is 19.1 Å². The molecule has 9 heteroatoms. The van der Waals surface area contributed by atoms with Gasteiger partial charge in [0.1, 0.15) is 12.3 Å². The van der Waals surface area contributed by atoms with E-state index in [1.165, 1.54) is 12.0 Å². The maximum absolute atomic E-state index is 12.9. The molecule has 31 heavy (non-hydrogen) atoms. The van der Waals surface area contributed by atoms with Gasteiger partial charge in [-0.15, -0.1) is 0 Å². The third-order valence-corrected chi connectivity index (χ3v) is 5.84. The lowest BCUT2D eigenvalue weighted by Crippen LogP contribution is -2.49. The minimum absolute atomic E-state index is 0.0598. The second-order valence-electron chi connectivity index (χ2n) is 7.47. The molecule has 2 aliphatic heterocycles. The van der Waals surface area contributed by atoms with Crippen LogP contribution in [-0.4, -0.2) is 60.6 Å². The van der Waals surface area contributed by atoms with Crippen molar-refractivity contribution in [3.05, 3.63) is 53.6 Å². The van der Waals surface area contributed by atoms with Crippen LogP contribution in [0.15, 0.2) is 48.5 Å². The van der Waals surface area contributed by atoms with Gasteiger partial charge < -0.3 is 19.9 Å². The highest BCUT2D eigenvalue weighted by Crippen LogP contribution is 2.29. The van der Waals surface area contributed by atoms with Crippen molar-refractivity contribution >= 4 is 40.9 Å². The van der Waals surface area contributed by atoms with Gasteiger partial charge in [0.25, 0.3) is 5.91 Å². The zero-order valence-corrected chi connectivity index (χ0v) is 17.8. The standard InChI is InChI=1S/C22H23ClN4O4/c1-31-19-8-7-15(23)13-18(19)24-21(29)25-11-9-16(10-12-25)26-14-20(28)27(22(26)30)17-5-3-2-4-6-17/h2-8,13,16H,9-12,14H2,1H3,(H,24,29). The number of piperidine rings is 1. The van der Waals surface area contributed by atoms with E-state index < -0.39 is 0 Å². The van der Waals surface area contributed by atoms with Gasteiger partial charge in [0.05, 0.1) is 18.5 Å². The number of benzene rings is 2. The Balaban J connectivity index is 1.37. The number of rotatable bonds is 4. The van der Waals surface area contributed by atoms with Crippen LogP contribution in [-0.2, 0) is 4.79 Å². The average molecular weight is 443 g/mol. The van der Waals surface area contributed by atoms with Gasteiger partial charge in [0.2, 0.25) is 0 Å². The van der Waals surface area contributed by atoms with Crippen molar-refractivity contribution in [3.63, 3.8) is 0 Å². The van der Waals surface area contributed by atoms with E-state index in [-0.39, 0.29) is 30.6 Å². The summed E-state index contributed by atoms with van der Waals surface area (Å²) in [4.78, 5) is 42.6. The fourth-order valence-corrected chi connectivity index (χ4v) is 4.16. The molecular formula is C22H23ClN4O4. The number of urea groups is 2. The minimum atomic E-state index is -0.303. The smallest absolute Gasteiger partial charge is 0.332 e. The summed E-state index contributed by atoms with van der Waals surface area (Å²) in [6.45, 7) is 1.01. The molecule has 0 aliphatic carbocycles. The topological polar surface area (TPSA) is 82.2 Å². The largest absolute Gasteiger partial charge is 0.495 e. The zero-order chi connectivity index (χ0) is 22.0. The van der Waals surface area contributed by atoms with E-state index in [2.05, 4.69) is 5.32 Å².